The van der Waals surface area contributed by atoms with Gasteiger partial charge in [-0.3, -0.25) is 4.79 Å². The zero-order valence-corrected chi connectivity index (χ0v) is 17.9. The molecule has 0 unspecified atom stereocenters. The van der Waals surface area contributed by atoms with Gasteiger partial charge in [-0.15, -0.1) is 0 Å². The number of unbranched alkanes of at least 4 members (excludes halogenated alkanes) is 2. The molecule has 1 heterocycles. The summed E-state index contributed by atoms with van der Waals surface area (Å²) in [7, 11) is 1.58. The SMILES string of the molecule is CCOCCn1c(CCCCCNC(=O)c2ccccc2OC)nc2ccccc21. The van der Waals surface area contributed by atoms with Crippen molar-refractivity contribution in [2.75, 3.05) is 26.9 Å². The topological polar surface area (TPSA) is 65.4 Å². The van der Waals surface area contributed by atoms with Gasteiger partial charge in [-0.2, -0.15) is 0 Å². The lowest BCUT2D eigenvalue weighted by Crippen LogP contribution is -2.24. The number of ether oxygens (including phenoxy) is 2. The Bertz CT molecular complexity index is 952. The Balaban J connectivity index is 1.47. The molecule has 1 amide bonds. The van der Waals surface area contributed by atoms with E-state index in [-0.39, 0.29) is 5.91 Å². The number of carbonyl (C=O) groups is 1. The molecule has 0 bridgehead atoms. The highest BCUT2D eigenvalue weighted by Gasteiger charge is 2.11. The van der Waals surface area contributed by atoms with Crippen molar-refractivity contribution in [3.8, 4) is 5.75 Å². The molecule has 0 atom stereocenters. The molecular formula is C24H31N3O3. The summed E-state index contributed by atoms with van der Waals surface area (Å²) in [4.78, 5) is 17.2. The summed E-state index contributed by atoms with van der Waals surface area (Å²) >= 11 is 0. The fourth-order valence-corrected chi connectivity index (χ4v) is 3.58. The van der Waals surface area contributed by atoms with Crippen molar-refractivity contribution in [2.45, 2.75) is 39.2 Å². The minimum absolute atomic E-state index is 0.0924. The summed E-state index contributed by atoms with van der Waals surface area (Å²) < 4.78 is 13.1. The van der Waals surface area contributed by atoms with Crippen molar-refractivity contribution in [1.82, 2.24) is 14.9 Å². The van der Waals surface area contributed by atoms with Gasteiger partial charge in [0, 0.05) is 26.1 Å². The van der Waals surface area contributed by atoms with Crippen LogP contribution in [0.2, 0.25) is 0 Å². The summed E-state index contributed by atoms with van der Waals surface area (Å²) in [6.45, 7) is 4.90. The van der Waals surface area contributed by atoms with Crippen LogP contribution in [0.5, 0.6) is 5.75 Å². The third-order valence-corrected chi connectivity index (χ3v) is 5.11. The number of hydrogen-bond acceptors (Lipinski definition) is 4. The number of nitrogens with zero attached hydrogens (tertiary/aromatic N) is 2. The van der Waals surface area contributed by atoms with Crippen molar-refractivity contribution in [3.05, 3.63) is 59.9 Å². The second-order valence-corrected chi connectivity index (χ2v) is 7.13. The molecule has 1 N–H and O–H groups in total. The molecule has 0 fully saturated rings. The average Bonchev–Trinajstić information content (AvgIpc) is 3.13. The number of para-hydroxylation sites is 3. The maximum Gasteiger partial charge on any atom is 0.255 e. The molecule has 0 radical (unpaired) electrons. The number of aryl methyl sites for hydroxylation is 1. The number of benzene rings is 2. The van der Waals surface area contributed by atoms with Crippen LogP contribution in [0.25, 0.3) is 11.0 Å². The zero-order chi connectivity index (χ0) is 21.2. The fraction of sp³-hybridized carbons (Fsp3) is 0.417. The van der Waals surface area contributed by atoms with E-state index in [0.29, 0.717) is 24.5 Å². The number of amides is 1. The second-order valence-electron chi connectivity index (χ2n) is 7.13. The van der Waals surface area contributed by atoms with E-state index < -0.39 is 0 Å². The van der Waals surface area contributed by atoms with Gasteiger partial charge in [0.1, 0.15) is 11.6 Å². The highest BCUT2D eigenvalue weighted by molar-refractivity contribution is 5.96. The summed E-state index contributed by atoms with van der Waals surface area (Å²) in [5.41, 5.74) is 2.77. The fourth-order valence-electron chi connectivity index (χ4n) is 3.58. The molecule has 0 aliphatic rings. The van der Waals surface area contributed by atoms with Gasteiger partial charge in [-0.25, -0.2) is 4.98 Å². The third-order valence-electron chi connectivity index (χ3n) is 5.11. The number of rotatable bonds is 12. The highest BCUT2D eigenvalue weighted by atomic mass is 16.5. The Morgan fingerprint density at radius 1 is 1.07 bits per heavy atom. The zero-order valence-electron chi connectivity index (χ0n) is 17.9. The standard InChI is InChI=1S/C24H31N3O3/c1-3-30-18-17-27-21-13-8-7-12-20(21)26-23(27)15-5-4-10-16-25-24(28)19-11-6-9-14-22(19)29-2/h6-9,11-14H,3-5,10,15-18H2,1-2H3,(H,25,28). The van der Waals surface area contributed by atoms with Gasteiger partial charge in [0.25, 0.3) is 5.91 Å². The normalized spacial score (nSPS) is 11.0. The van der Waals surface area contributed by atoms with Crippen LogP contribution in [-0.2, 0) is 17.7 Å². The van der Waals surface area contributed by atoms with Gasteiger partial charge in [-0.1, -0.05) is 30.7 Å². The summed E-state index contributed by atoms with van der Waals surface area (Å²) in [5, 5.41) is 2.98. The first-order valence-electron chi connectivity index (χ1n) is 10.7. The summed E-state index contributed by atoms with van der Waals surface area (Å²) in [6.07, 6.45) is 3.91. The minimum atomic E-state index is -0.0924. The van der Waals surface area contributed by atoms with Crippen LogP contribution in [0.15, 0.2) is 48.5 Å². The second kappa shape index (κ2) is 11.4. The number of nitrogens with one attached hydrogen (secondary N) is 1. The largest absolute Gasteiger partial charge is 0.496 e. The summed E-state index contributed by atoms with van der Waals surface area (Å²) in [5.74, 6) is 1.61. The van der Waals surface area contributed by atoms with Gasteiger partial charge < -0.3 is 19.4 Å². The third kappa shape index (κ3) is 5.60. The molecule has 0 saturated heterocycles. The molecule has 0 aliphatic heterocycles. The van der Waals surface area contributed by atoms with Crippen LogP contribution in [0.3, 0.4) is 0 Å². The molecular weight excluding hydrogens is 378 g/mol. The number of imidazole rings is 1. The van der Waals surface area contributed by atoms with Gasteiger partial charge in [0.15, 0.2) is 0 Å². The first-order valence-corrected chi connectivity index (χ1v) is 10.7. The minimum Gasteiger partial charge on any atom is -0.496 e. The van der Waals surface area contributed by atoms with E-state index in [1.807, 2.05) is 25.1 Å². The molecule has 6 heteroatoms. The lowest BCUT2D eigenvalue weighted by atomic mass is 10.1. The lowest BCUT2D eigenvalue weighted by Gasteiger charge is -2.10. The molecule has 0 spiro atoms. The molecule has 6 nitrogen and oxygen atoms in total. The number of hydrogen-bond donors (Lipinski definition) is 1. The number of fused-ring (bicyclic) bond motifs is 1. The van der Waals surface area contributed by atoms with E-state index in [0.717, 1.165) is 55.7 Å². The van der Waals surface area contributed by atoms with Gasteiger partial charge in [0.05, 0.1) is 30.3 Å². The number of aromatic nitrogens is 2. The van der Waals surface area contributed by atoms with Crippen molar-refractivity contribution in [3.63, 3.8) is 0 Å². The first kappa shape index (κ1) is 21.8. The smallest absolute Gasteiger partial charge is 0.255 e. The van der Waals surface area contributed by atoms with E-state index in [2.05, 4.69) is 28.1 Å². The van der Waals surface area contributed by atoms with Gasteiger partial charge >= 0.3 is 0 Å². The Morgan fingerprint density at radius 3 is 2.70 bits per heavy atom. The van der Waals surface area contributed by atoms with Gasteiger partial charge in [0.2, 0.25) is 0 Å². The molecule has 2 aromatic carbocycles. The maximum atomic E-state index is 12.3. The van der Waals surface area contributed by atoms with Crippen LogP contribution >= 0.6 is 0 Å². The average molecular weight is 410 g/mol. The van der Waals surface area contributed by atoms with Crippen molar-refractivity contribution >= 4 is 16.9 Å². The Kier molecular flexibility index (Phi) is 8.27. The van der Waals surface area contributed by atoms with Crippen molar-refractivity contribution < 1.29 is 14.3 Å². The quantitative estimate of drug-likeness (QED) is 0.455. The molecule has 0 saturated carbocycles. The van der Waals surface area contributed by atoms with Crippen molar-refractivity contribution in [1.29, 1.82) is 0 Å². The van der Waals surface area contributed by atoms with E-state index in [1.54, 1.807) is 19.2 Å². The van der Waals surface area contributed by atoms with E-state index in [4.69, 9.17) is 14.5 Å². The predicted octanol–water partition coefficient (Wildman–Crippen LogP) is 4.22. The van der Waals surface area contributed by atoms with Crippen LogP contribution in [0.4, 0.5) is 0 Å². The summed E-state index contributed by atoms with van der Waals surface area (Å²) in [6, 6.07) is 15.5. The van der Waals surface area contributed by atoms with E-state index in [1.165, 1.54) is 0 Å². The van der Waals surface area contributed by atoms with Crippen LogP contribution in [0, 0.1) is 0 Å². The molecule has 30 heavy (non-hydrogen) atoms. The maximum absolute atomic E-state index is 12.3. The lowest BCUT2D eigenvalue weighted by molar-refractivity contribution is 0.0950. The van der Waals surface area contributed by atoms with Crippen LogP contribution < -0.4 is 10.1 Å². The Hall–Kier alpha value is -2.86. The Morgan fingerprint density at radius 2 is 1.87 bits per heavy atom. The van der Waals surface area contributed by atoms with Crippen LogP contribution in [0.1, 0.15) is 42.4 Å². The number of carbonyl (C=O) groups excluding carboxylic acids is 1. The molecule has 160 valence electrons. The molecule has 3 rings (SSSR count). The number of methoxy groups -OCH3 is 1. The van der Waals surface area contributed by atoms with E-state index >= 15 is 0 Å². The Labute approximate surface area is 178 Å². The molecule has 0 aliphatic carbocycles. The first-order chi connectivity index (χ1) is 14.7. The molecule has 1 aromatic heterocycles. The predicted molar refractivity (Wildman–Crippen MR) is 119 cm³/mol. The van der Waals surface area contributed by atoms with Crippen LogP contribution in [-0.4, -0.2) is 42.3 Å². The highest BCUT2D eigenvalue weighted by Crippen LogP contribution is 2.18. The van der Waals surface area contributed by atoms with Gasteiger partial charge in [-0.05, 0) is 44.0 Å². The van der Waals surface area contributed by atoms with Crippen molar-refractivity contribution in [2.24, 2.45) is 0 Å². The molecule has 3 aromatic rings. The van der Waals surface area contributed by atoms with E-state index in [9.17, 15) is 4.79 Å². The monoisotopic (exact) mass is 409 g/mol.